The molecule has 0 radical (unpaired) electrons. The van der Waals surface area contributed by atoms with E-state index in [2.05, 4.69) is 16.4 Å². The van der Waals surface area contributed by atoms with Crippen molar-refractivity contribution in [2.75, 3.05) is 6.54 Å². The number of nitrogens with one attached hydrogen (secondary N) is 1. The lowest BCUT2D eigenvalue weighted by Crippen LogP contribution is -2.24. The Morgan fingerprint density at radius 2 is 1.96 bits per heavy atom. The molecule has 3 rings (SSSR count). The summed E-state index contributed by atoms with van der Waals surface area (Å²) in [4.78, 5) is 16.1. The molecule has 0 aliphatic heterocycles. The van der Waals surface area contributed by atoms with Crippen molar-refractivity contribution in [2.45, 2.75) is 32.6 Å². The van der Waals surface area contributed by atoms with Crippen molar-refractivity contribution in [2.24, 2.45) is 0 Å². The lowest BCUT2D eigenvalue weighted by Gasteiger charge is -2.04. The van der Waals surface area contributed by atoms with Gasteiger partial charge in [0.15, 0.2) is 5.58 Å². The summed E-state index contributed by atoms with van der Waals surface area (Å²) in [5, 5.41) is 2.95. The van der Waals surface area contributed by atoms with Crippen LogP contribution >= 0.6 is 0 Å². The number of nitrogens with zero attached hydrogens (tertiary/aromatic N) is 1. The molecule has 0 aliphatic rings. The number of benzene rings is 2. The van der Waals surface area contributed by atoms with E-state index >= 15 is 0 Å². The standard InChI is InChI=1S/C20H22N2O2/c1-2-8-18(23)21-14-7-12-15-11-6-13-17-19(15)24-20(22-17)16-9-4-3-5-10-16/h3-6,9-11,13H,2,7-8,12,14H2,1H3,(H,21,23). The number of oxazole rings is 1. The zero-order valence-corrected chi connectivity index (χ0v) is 13.9. The summed E-state index contributed by atoms with van der Waals surface area (Å²) in [6, 6.07) is 16.0. The van der Waals surface area contributed by atoms with Gasteiger partial charge in [-0.3, -0.25) is 4.79 Å². The van der Waals surface area contributed by atoms with Gasteiger partial charge in [-0.2, -0.15) is 0 Å². The van der Waals surface area contributed by atoms with Gasteiger partial charge in [0.25, 0.3) is 0 Å². The maximum atomic E-state index is 11.5. The van der Waals surface area contributed by atoms with Crippen LogP contribution in [0.25, 0.3) is 22.6 Å². The fraction of sp³-hybridized carbons (Fsp3) is 0.300. The van der Waals surface area contributed by atoms with Crippen LogP contribution in [0.1, 0.15) is 31.7 Å². The third-order valence-corrected chi connectivity index (χ3v) is 3.94. The molecule has 0 aliphatic carbocycles. The molecule has 3 aromatic rings. The zero-order valence-electron chi connectivity index (χ0n) is 13.9. The SMILES string of the molecule is CCCC(=O)NCCCc1cccc2nc(-c3ccccc3)oc12. The molecule has 1 N–H and O–H groups in total. The molecule has 24 heavy (non-hydrogen) atoms. The summed E-state index contributed by atoms with van der Waals surface area (Å²) in [7, 11) is 0. The van der Waals surface area contributed by atoms with Gasteiger partial charge in [-0.1, -0.05) is 37.3 Å². The lowest BCUT2D eigenvalue weighted by atomic mass is 10.1. The molecule has 0 bridgehead atoms. The highest BCUT2D eigenvalue weighted by molar-refractivity contribution is 5.79. The monoisotopic (exact) mass is 322 g/mol. The molecule has 1 heterocycles. The molecule has 4 heteroatoms. The molecular formula is C20H22N2O2. The molecule has 0 saturated heterocycles. The van der Waals surface area contributed by atoms with E-state index in [-0.39, 0.29) is 5.91 Å². The maximum absolute atomic E-state index is 11.5. The number of carbonyl (C=O) groups excluding carboxylic acids is 1. The molecule has 124 valence electrons. The number of para-hydroxylation sites is 1. The second kappa shape index (κ2) is 7.77. The number of aryl methyl sites for hydroxylation is 1. The van der Waals surface area contributed by atoms with E-state index in [0.717, 1.165) is 41.5 Å². The van der Waals surface area contributed by atoms with Crippen LogP contribution in [-0.4, -0.2) is 17.4 Å². The molecule has 4 nitrogen and oxygen atoms in total. The first kappa shape index (κ1) is 16.2. The first-order chi connectivity index (χ1) is 11.8. The summed E-state index contributed by atoms with van der Waals surface area (Å²) >= 11 is 0. The first-order valence-corrected chi connectivity index (χ1v) is 8.48. The fourth-order valence-corrected chi connectivity index (χ4v) is 2.73. The van der Waals surface area contributed by atoms with Crippen molar-refractivity contribution >= 4 is 17.0 Å². The number of hydrogen-bond acceptors (Lipinski definition) is 3. The van der Waals surface area contributed by atoms with E-state index in [9.17, 15) is 4.79 Å². The number of amides is 1. The number of aromatic nitrogens is 1. The van der Waals surface area contributed by atoms with Gasteiger partial charge in [0.2, 0.25) is 11.8 Å². The van der Waals surface area contributed by atoms with Crippen LogP contribution in [0.15, 0.2) is 52.9 Å². The minimum atomic E-state index is 0.127. The van der Waals surface area contributed by atoms with Crippen LogP contribution in [0.4, 0.5) is 0 Å². The highest BCUT2D eigenvalue weighted by atomic mass is 16.3. The highest BCUT2D eigenvalue weighted by Gasteiger charge is 2.11. The molecule has 0 saturated carbocycles. The van der Waals surface area contributed by atoms with Crippen molar-refractivity contribution in [3.63, 3.8) is 0 Å². The van der Waals surface area contributed by atoms with E-state index in [4.69, 9.17) is 4.42 Å². The van der Waals surface area contributed by atoms with Crippen molar-refractivity contribution < 1.29 is 9.21 Å². The minimum absolute atomic E-state index is 0.127. The minimum Gasteiger partial charge on any atom is -0.436 e. The Bertz CT molecular complexity index is 809. The second-order valence-corrected chi connectivity index (χ2v) is 5.85. The lowest BCUT2D eigenvalue weighted by molar-refractivity contribution is -0.121. The van der Waals surface area contributed by atoms with E-state index < -0.39 is 0 Å². The Kier molecular flexibility index (Phi) is 5.26. The number of carbonyl (C=O) groups is 1. The molecule has 1 amide bonds. The van der Waals surface area contributed by atoms with Gasteiger partial charge in [-0.15, -0.1) is 0 Å². The number of hydrogen-bond donors (Lipinski definition) is 1. The van der Waals surface area contributed by atoms with Gasteiger partial charge in [-0.25, -0.2) is 4.98 Å². The van der Waals surface area contributed by atoms with E-state index in [1.54, 1.807) is 0 Å². The molecule has 0 unspecified atom stereocenters. The van der Waals surface area contributed by atoms with Crippen LogP contribution in [0.5, 0.6) is 0 Å². The number of fused-ring (bicyclic) bond motifs is 1. The normalized spacial score (nSPS) is 10.9. The maximum Gasteiger partial charge on any atom is 0.227 e. The molecule has 0 atom stereocenters. The van der Waals surface area contributed by atoms with Gasteiger partial charge >= 0.3 is 0 Å². The van der Waals surface area contributed by atoms with Gasteiger partial charge in [-0.05, 0) is 43.0 Å². The van der Waals surface area contributed by atoms with Crippen LogP contribution in [0, 0.1) is 0 Å². The Morgan fingerprint density at radius 3 is 2.75 bits per heavy atom. The van der Waals surface area contributed by atoms with E-state index in [0.29, 0.717) is 18.9 Å². The van der Waals surface area contributed by atoms with Gasteiger partial charge in [0, 0.05) is 18.5 Å². The predicted molar refractivity (Wildman–Crippen MR) is 95.7 cm³/mol. The summed E-state index contributed by atoms with van der Waals surface area (Å²) in [5.41, 5.74) is 3.83. The smallest absolute Gasteiger partial charge is 0.227 e. The van der Waals surface area contributed by atoms with Crippen molar-refractivity contribution in [1.29, 1.82) is 0 Å². The first-order valence-electron chi connectivity index (χ1n) is 8.48. The second-order valence-electron chi connectivity index (χ2n) is 5.85. The largest absolute Gasteiger partial charge is 0.436 e. The van der Waals surface area contributed by atoms with Gasteiger partial charge < -0.3 is 9.73 Å². The third kappa shape index (κ3) is 3.82. The average molecular weight is 322 g/mol. The van der Waals surface area contributed by atoms with Crippen molar-refractivity contribution in [1.82, 2.24) is 10.3 Å². The van der Waals surface area contributed by atoms with Crippen LogP contribution in [-0.2, 0) is 11.2 Å². The summed E-state index contributed by atoms with van der Waals surface area (Å²) in [5.74, 6) is 0.774. The van der Waals surface area contributed by atoms with E-state index in [1.807, 2.05) is 49.4 Å². The molecular weight excluding hydrogens is 300 g/mol. The van der Waals surface area contributed by atoms with Gasteiger partial charge in [0.05, 0.1) is 0 Å². The van der Waals surface area contributed by atoms with Crippen LogP contribution in [0.3, 0.4) is 0 Å². The Morgan fingerprint density at radius 1 is 1.12 bits per heavy atom. The molecule has 0 fully saturated rings. The van der Waals surface area contributed by atoms with Crippen LogP contribution in [0.2, 0.25) is 0 Å². The third-order valence-electron chi connectivity index (χ3n) is 3.94. The number of rotatable bonds is 7. The fourth-order valence-electron chi connectivity index (χ4n) is 2.73. The molecule has 0 spiro atoms. The van der Waals surface area contributed by atoms with Crippen molar-refractivity contribution in [3.05, 3.63) is 54.1 Å². The quantitative estimate of drug-likeness (QED) is 0.658. The van der Waals surface area contributed by atoms with Crippen molar-refractivity contribution in [3.8, 4) is 11.5 Å². The Hall–Kier alpha value is -2.62. The predicted octanol–water partition coefficient (Wildman–Crippen LogP) is 4.34. The van der Waals surface area contributed by atoms with E-state index in [1.165, 1.54) is 0 Å². The zero-order chi connectivity index (χ0) is 16.8. The summed E-state index contributed by atoms with van der Waals surface area (Å²) in [6.07, 6.45) is 3.21. The Labute approximate surface area is 141 Å². The Balaban J connectivity index is 1.70. The molecule has 2 aromatic carbocycles. The average Bonchev–Trinajstić information content (AvgIpc) is 3.05. The van der Waals surface area contributed by atoms with Crippen LogP contribution < -0.4 is 5.32 Å². The molecule has 1 aromatic heterocycles. The summed E-state index contributed by atoms with van der Waals surface area (Å²) < 4.78 is 6.00. The topological polar surface area (TPSA) is 55.1 Å². The summed E-state index contributed by atoms with van der Waals surface area (Å²) in [6.45, 7) is 2.70. The highest BCUT2D eigenvalue weighted by Crippen LogP contribution is 2.26. The van der Waals surface area contributed by atoms with Gasteiger partial charge in [0.1, 0.15) is 5.52 Å².